The molecule has 0 radical (unpaired) electrons. The minimum atomic E-state index is -0.0340. The number of piperazine rings is 1. The van der Waals surface area contributed by atoms with Gasteiger partial charge in [0.15, 0.2) is 0 Å². The number of hydrogen-bond donors (Lipinski definition) is 0. The van der Waals surface area contributed by atoms with Gasteiger partial charge in [0.05, 0.1) is 0 Å². The predicted molar refractivity (Wildman–Crippen MR) is 103 cm³/mol. The number of carbonyl (C=O) groups is 2. The highest BCUT2D eigenvalue weighted by molar-refractivity contribution is 6.30. The van der Waals surface area contributed by atoms with Gasteiger partial charge in [0.25, 0.3) is 0 Å². The first-order valence-corrected chi connectivity index (χ1v) is 9.26. The van der Waals surface area contributed by atoms with E-state index in [1.54, 1.807) is 11.8 Å². The number of hydrogen-bond acceptors (Lipinski definition) is 2. The van der Waals surface area contributed by atoms with Gasteiger partial charge < -0.3 is 9.80 Å². The van der Waals surface area contributed by atoms with Gasteiger partial charge in [-0.15, -0.1) is 0 Å². The van der Waals surface area contributed by atoms with Gasteiger partial charge in [-0.25, -0.2) is 0 Å². The van der Waals surface area contributed by atoms with Crippen molar-refractivity contribution in [3.05, 3.63) is 70.7 Å². The van der Waals surface area contributed by atoms with E-state index in [0.29, 0.717) is 37.6 Å². The zero-order valence-electron chi connectivity index (χ0n) is 14.9. The number of amides is 2. The summed E-state index contributed by atoms with van der Waals surface area (Å²) in [6.45, 7) is 3.97. The molecule has 0 aromatic heterocycles. The van der Waals surface area contributed by atoms with Crippen molar-refractivity contribution in [3.63, 3.8) is 0 Å². The molecule has 1 fully saturated rings. The molecule has 0 saturated carbocycles. The molecule has 0 N–H and O–H groups in total. The zero-order chi connectivity index (χ0) is 18.5. The molecular weight excluding hydrogens is 348 g/mol. The lowest BCUT2D eigenvalue weighted by molar-refractivity contribution is -0.138. The molecular formula is C21H23ClN2O2. The normalized spacial score (nSPS) is 15.6. The fourth-order valence-corrected chi connectivity index (χ4v) is 3.61. The van der Waals surface area contributed by atoms with E-state index in [-0.39, 0.29) is 17.7 Å². The number of rotatable bonds is 4. The van der Waals surface area contributed by atoms with E-state index in [1.807, 2.05) is 59.5 Å². The van der Waals surface area contributed by atoms with Crippen molar-refractivity contribution in [2.45, 2.75) is 19.3 Å². The van der Waals surface area contributed by atoms with Crippen LogP contribution in [0.3, 0.4) is 0 Å². The van der Waals surface area contributed by atoms with Crippen LogP contribution in [0.15, 0.2) is 54.6 Å². The van der Waals surface area contributed by atoms with Gasteiger partial charge in [0.1, 0.15) is 0 Å². The molecule has 136 valence electrons. The molecule has 0 spiro atoms. The van der Waals surface area contributed by atoms with Gasteiger partial charge in [0, 0.05) is 50.5 Å². The van der Waals surface area contributed by atoms with Crippen LogP contribution in [0, 0.1) is 0 Å². The first kappa shape index (κ1) is 18.5. The molecule has 1 heterocycles. The van der Waals surface area contributed by atoms with Crippen LogP contribution in [0.1, 0.15) is 30.4 Å². The first-order valence-electron chi connectivity index (χ1n) is 8.88. The van der Waals surface area contributed by atoms with Crippen molar-refractivity contribution in [2.24, 2.45) is 0 Å². The summed E-state index contributed by atoms with van der Waals surface area (Å²) < 4.78 is 0. The molecule has 1 saturated heterocycles. The standard InChI is InChI=1S/C21H23ClN2O2/c1-16(25)23-10-12-24(13-11-23)21(26)15-20(17-6-3-2-4-7-17)18-8-5-9-19(22)14-18/h2-9,14,20H,10-13,15H2,1H3/t20-/m0/s1. The molecule has 1 atom stereocenters. The van der Waals surface area contributed by atoms with Crippen molar-refractivity contribution >= 4 is 23.4 Å². The van der Waals surface area contributed by atoms with Crippen LogP contribution in [0.2, 0.25) is 5.02 Å². The Labute approximate surface area is 159 Å². The fraction of sp³-hybridized carbons (Fsp3) is 0.333. The Kier molecular flexibility index (Phi) is 5.94. The molecule has 0 aliphatic carbocycles. The SMILES string of the molecule is CC(=O)N1CCN(C(=O)C[C@@H](c2ccccc2)c2cccc(Cl)c2)CC1. The summed E-state index contributed by atoms with van der Waals surface area (Å²) in [6.07, 6.45) is 0.393. The predicted octanol–water partition coefficient (Wildman–Crippen LogP) is 3.55. The summed E-state index contributed by atoms with van der Waals surface area (Å²) in [5.41, 5.74) is 2.14. The zero-order valence-corrected chi connectivity index (χ0v) is 15.7. The van der Waals surface area contributed by atoms with E-state index in [2.05, 4.69) is 0 Å². The highest BCUT2D eigenvalue weighted by atomic mass is 35.5. The van der Waals surface area contributed by atoms with Gasteiger partial charge >= 0.3 is 0 Å². The fourth-order valence-electron chi connectivity index (χ4n) is 3.41. The Morgan fingerprint density at radius 3 is 2.15 bits per heavy atom. The lowest BCUT2D eigenvalue weighted by Crippen LogP contribution is -2.50. The molecule has 2 aromatic carbocycles. The molecule has 1 aliphatic heterocycles. The molecule has 1 aliphatic rings. The second-order valence-corrected chi connectivity index (χ2v) is 7.05. The molecule has 26 heavy (non-hydrogen) atoms. The summed E-state index contributed by atoms with van der Waals surface area (Å²) in [6, 6.07) is 17.8. The molecule has 4 nitrogen and oxygen atoms in total. The van der Waals surface area contributed by atoms with Crippen LogP contribution in [0.4, 0.5) is 0 Å². The van der Waals surface area contributed by atoms with Crippen molar-refractivity contribution in [2.75, 3.05) is 26.2 Å². The van der Waals surface area contributed by atoms with Gasteiger partial charge in [0.2, 0.25) is 11.8 Å². The maximum Gasteiger partial charge on any atom is 0.223 e. The molecule has 0 unspecified atom stereocenters. The monoisotopic (exact) mass is 370 g/mol. The largest absolute Gasteiger partial charge is 0.339 e. The summed E-state index contributed by atoms with van der Waals surface area (Å²) in [7, 11) is 0. The van der Waals surface area contributed by atoms with Gasteiger partial charge in [-0.1, -0.05) is 54.1 Å². The summed E-state index contributed by atoms with van der Waals surface area (Å²) >= 11 is 6.17. The van der Waals surface area contributed by atoms with Crippen molar-refractivity contribution in [1.82, 2.24) is 9.80 Å². The van der Waals surface area contributed by atoms with E-state index in [1.165, 1.54) is 0 Å². The summed E-state index contributed by atoms with van der Waals surface area (Å²) in [5, 5.41) is 0.672. The number of carbonyl (C=O) groups excluding carboxylic acids is 2. The van der Waals surface area contributed by atoms with Crippen LogP contribution in [-0.4, -0.2) is 47.8 Å². The Morgan fingerprint density at radius 1 is 0.923 bits per heavy atom. The highest BCUT2D eigenvalue weighted by Crippen LogP contribution is 2.30. The lowest BCUT2D eigenvalue weighted by atomic mass is 9.88. The second-order valence-electron chi connectivity index (χ2n) is 6.61. The minimum absolute atomic E-state index is 0.0340. The third-order valence-corrected chi connectivity index (χ3v) is 5.14. The number of benzene rings is 2. The van der Waals surface area contributed by atoms with Crippen molar-refractivity contribution in [1.29, 1.82) is 0 Å². The third kappa shape index (κ3) is 4.44. The van der Waals surface area contributed by atoms with E-state index in [0.717, 1.165) is 11.1 Å². The van der Waals surface area contributed by atoms with Crippen LogP contribution in [0.5, 0.6) is 0 Å². The minimum Gasteiger partial charge on any atom is -0.339 e. The maximum atomic E-state index is 12.9. The Balaban J connectivity index is 1.76. The average Bonchev–Trinajstić information content (AvgIpc) is 2.66. The molecule has 5 heteroatoms. The van der Waals surface area contributed by atoms with Gasteiger partial charge in [-0.2, -0.15) is 0 Å². The van der Waals surface area contributed by atoms with E-state index in [4.69, 9.17) is 11.6 Å². The van der Waals surface area contributed by atoms with Crippen LogP contribution in [-0.2, 0) is 9.59 Å². The van der Waals surface area contributed by atoms with Crippen LogP contribution >= 0.6 is 11.6 Å². The Hall–Kier alpha value is -2.33. The van der Waals surface area contributed by atoms with E-state index >= 15 is 0 Å². The topological polar surface area (TPSA) is 40.6 Å². The molecule has 2 amide bonds. The van der Waals surface area contributed by atoms with Gasteiger partial charge in [-0.3, -0.25) is 9.59 Å². The third-order valence-electron chi connectivity index (χ3n) is 4.91. The Bertz CT molecular complexity index is 771. The van der Waals surface area contributed by atoms with Crippen molar-refractivity contribution < 1.29 is 9.59 Å². The highest BCUT2D eigenvalue weighted by Gasteiger charge is 2.26. The number of nitrogens with zero attached hydrogens (tertiary/aromatic N) is 2. The number of halogens is 1. The summed E-state index contributed by atoms with van der Waals surface area (Å²) in [5.74, 6) is 0.147. The van der Waals surface area contributed by atoms with Gasteiger partial charge in [-0.05, 0) is 23.3 Å². The molecule has 2 aromatic rings. The quantitative estimate of drug-likeness (QED) is 0.825. The second kappa shape index (κ2) is 8.37. The lowest BCUT2D eigenvalue weighted by Gasteiger charge is -2.35. The maximum absolute atomic E-state index is 12.9. The first-order chi connectivity index (χ1) is 12.5. The van der Waals surface area contributed by atoms with Crippen LogP contribution in [0.25, 0.3) is 0 Å². The van der Waals surface area contributed by atoms with E-state index in [9.17, 15) is 9.59 Å². The average molecular weight is 371 g/mol. The van der Waals surface area contributed by atoms with E-state index < -0.39 is 0 Å². The molecule has 3 rings (SSSR count). The van der Waals surface area contributed by atoms with Crippen LogP contribution < -0.4 is 0 Å². The smallest absolute Gasteiger partial charge is 0.223 e. The summed E-state index contributed by atoms with van der Waals surface area (Å²) in [4.78, 5) is 28.0. The Morgan fingerprint density at radius 2 is 1.54 bits per heavy atom. The molecule has 0 bridgehead atoms. The van der Waals surface area contributed by atoms with Crippen molar-refractivity contribution in [3.8, 4) is 0 Å².